The van der Waals surface area contributed by atoms with Gasteiger partial charge in [-0.2, -0.15) is 0 Å². The number of aryl methyl sites for hydroxylation is 1. The Kier molecular flexibility index (Phi) is 6.84. The van der Waals surface area contributed by atoms with E-state index >= 15 is 0 Å². The molecule has 0 aromatic heterocycles. The van der Waals surface area contributed by atoms with Gasteiger partial charge in [0.1, 0.15) is 0 Å². The van der Waals surface area contributed by atoms with Crippen LogP contribution < -0.4 is 10.7 Å². The molecule has 146 valence electrons. The SMILES string of the molecule is Cc1ccc(C2=CCC(=O)N(CCC(=O)NCCN3CCOCC3)N2)cc1. The first-order chi connectivity index (χ1) is 13.1. The van der Waals surface area contributed by atoms with Crippen molar-refractivity contribution in [3.63, 3.8) is 0 Å². The van der Waals surface area contributed by atoms with Gasteiger partial charge >= 0.3 is 0 Å². The van der Waals surface area contributed by atoms with Crippen molar-refractivity contribution in [3.8, 4) is 0 Å². The number of morpholine rings is 1. The minimum Gasteiger partial charge on any atom is -0.379 e. The molecule has 3 rings (SSSR count). The summed E-state index contributed by atoms with van der Waals surface area (Å²) in [6, 6.07) is 8.14. The van der Waals surface area contributed by atoms with E-state index in [9.17, 15) is 9.59 Å². The molecule has 2 aliphatic rings. The molecule has 2 aliphatic heterocycles. The maximum Gasteiger partial charge on any atom is 0.244 e. The Hall–Kier alpha value is -2.38. The van der Waals surface area contributed by atoms with E-state index in [0.717, 1.165) is 44.1 Å². The molecule has 1 saturated heterocycles. The molecule has 1 aromatic rings. The van der Waals surface area contributed by atoms with E-state index in [1.165, 1.54) is 10.6 Å². The molecular weight excluding hydrogens is 344 g/mol. The summed E-state index contributed by atoms with van der Waals surface area (Å²) in [5.41, 5.74) is 6.28. The summed E-state index contributed by atoms with van der Waals surface area (Å²) in [6.45, 7) is 7.18. The Labute approximate surface area is 160 Å². The average Bonchev–Trinajstić information content (AvgIpc) is 2.69. The van der Waals surface area contributed by atoms with Crippen LogP contribution in [0.5, 0.6) is 0 Å². The lowest BCUT2D eigenvalue weighted by Gasteiger charge is -2.29. The fraction of sp³-hybridized carbons (Fsp3) is 0.500. The van der Waals surface area contributed by atoms with Gasteiger partial charge in [-0.05, 0) is 18.6 Å². The van der Waals surface area contributed by atoms with Crippen molar-refractivity contribution in [2.24, 2.45) is 0 Å². The molecule has 0 bridgehead atoms. The van der Waals surface area contributed by atoms with Crippen LogP contribution in [0.15, 0.2) is 30.3 Å². The molecule has 1 aromatic carbocycles. The van der Waals surface area contributed by atoms with Crippen molar-refractivity contribution >= 4 is 17.5 Å². The van der Waals surface area contributed by atoms with Gasteiger partial charge in [-0.3, -0.25) is 24.9 Å². The number of benzene rings is 1. The number of rotatable bonds is 7. The van der Waals surface area contributed by atoms with Gasteiger partial charge in [-0.25, -0.2) is 0 Å². The normalized spacial score (nSPS) is 18.0. The standard InChI is InChI=1S/C20H28N4O3/c1-16-2-4-17(5-3-16)18-6-7-20(26)24(22-18)10-8-19(25)21-9-11-23-12-14-27-15-13-23/h2-6,22H,7-15H2,1H3,(H,21,25). The van der Waals surface area contributed by atoms with Crippen LogP contribution in [0, 0.1) is 6.92 Å². The van der Waals surface area contributed by atoms with Gasteiger partial charge in [0.15, 0.2) is 0 Å². The smallest absolute Gasteiger partial charge is 0.244 e. The summed E-state index contributed by atoms with van der Waals surface area (Å²) >= 11 is 0. The maximum absolute atomic E-state index is 12.1. The zero-order valence-electron chi connectivity index (χ0n) is 15.9. The zero-order chi connectivity index (χ0) is 19.1. The van der Waals surface area contributed by atoms with E-state index in [0.29, 0.717) is 19.5 Å². The fourth-order valence-corrected chi connectivity index (χ4v) is 3.13. The number of hydrazine groups is 1. The first kappa shape index (κ1) is 19.4. The van der Waals surface area contributed by atoms with E-state index < -0.39 is 0 Å². The van der Waals surface area contributed by atoms with Gasteiger partial charge in [0, 0.05) is 39.0 Å². The highest BCUT2D eigenvalue weighted by atomic mass is 16.5. The third-order valence-electron chi connectivity index (χ3n) is 4.82. The number of carbonyl (C=O) groups is 2. The molecule has 2 N–H and O–H groups in total. The first-order valence-electron chi connectivity index (χ1n) is 9.53. The lowest BCUT2D eigenvalue weighted by atomic mass is 10.1. The number of ether oxygens (including phenoxy) is 1. The van der Waals surface area contributed by atoms with Gasteiger partial charge in [0.05, 0.1) is 25.5 Å². The molecule has 7 heteroatoms. The van der Waals surface area contributed by atoms with Crippen molar-refractivity contribution in [1.82, 2.24) is 20.7 Å². The van der Waals surface area contributed by atoms with Crippen molar-refractivity contribution < 1.29 is 14.3 Å². The van der Waals surface area contributed by atoms with Crippen molar-refractivity contribution in [2.45, 2.75) is 19.8 Å². The molecule has 0 unspecified atom stereocenters. The summed E-state index contributed by atoms with van der Waals surface area (Å²) in [6.07, 6.45) is 2.52. The number of hydrogen-bond donors (Lipinski definition) is 2. The predicted molar refractivity (Wildman–Crippen MR) is 104 cm³/mol. The van der Waals surface area contributed by atoms with Gasteiger partial charge in [-0.1, -0.05) is 29.8 Å². The highest BCUT2D eigenvalue weighted by molar-refractivity contribution is 5.84. The largest absolute Gasteiger partial charge is 0.379 e. The minimum absolute atomic E-state index is 0.0213. The fourth-order valence-electron chi connectivity index (χ4n) is 3.13. The van der Waals surface area contributed by atoms with Crippen molar-refractivity contribution in [3.05, 3.63) is 41.5 Å². The molecule has 0 spiro atoms. The monoisotopic (exact) mass is 372 g/mol. The lowest BCUT2D eigenvalue weighted by Crippen LogP contribution is -2.46. The van der Waals surface area contributed by atoms with Crippen LogP contribution in [-0.4, -0.2) is 67.7 Å². The van der Waals surface area contributed by atoms with E-state index in [4.69, 9.17) is 4.74 Å². The minimum atomic E-state index is -0.0377. The van der Waals surface area contributed by atoms with Crippen LogP contribution in [-0.2, 0) is 14.3 Å². The summed E-state index contributed by atoms with van der Waals surface area (Å²) in [5, 5.41) is 4.47. The summed E-state index contributed by atoms with van der Waals surface area (Å²) < 4.78 is 5.31. The number of hydrogen-bond acceptors (Lipinski definition) is 5. The molecule has 0 aliphatic carbocycles. The van der Waals surface area contributed by atoms with E-state index in [2.05, 4.69) is 15.6 Å². The topological polar surface area (TPSA) is 73.9 Å². The Morgan fingerprint density at radius 3 is 2.67 bits per heavy atom. The second-order valence-electron chi connectivity index (χ2n) is 6.90. The molecule has 7 nitrogen and oxygen atoms in total. The van der Waals surface area contributed by atoms with Gasteiger partial charge < -0.3 is 10.1 Å². The average molecular weight is 372 g/mol. The number of nitrogens with one attached hydrogen (secondary N) is 2. The Bertz CT molecular complexity index is 681. The molecule has 2 amide bonds. The van der Waals surface area contributed by atoms with Gasteiger partial charge in [0.25, 0.3) is 0 Å². The second-order valence-corrected chi connectivity index (χ2v) is 6.90. The van der Waals surface area contributed by atoms with Crippen LogP contribution >= 0.6 is 0 Å². The summed E-state index contributed by atoms with van der Waals surface area (Å²) in [7, 11) is 0. The molecule has 0 saturated carbocycles. The summed E-state index contributed by atoms with van der Waals surface area (Å²) in [5.74, 6) is -0.0590. The van der Waals surface area contributed by atoms with E-state index in [1.54, 1.807) is 0 Å². The molecule has 27 heavy (non-hydrogen) atoms. The van der Waals surface area contributed by atoms with Crippen LogP contribution in [0.4, 0.5) is 0 Å². The molecular formula is C20H28N4O3. The molecule has 1 fully saturated rings. The summed E-state index contributed by atoms with van der Waals surface area (Å²) in [4.78, 5) is 26.5. The van der Waals surface area contributed by atoms with Crippen LogP contribution in [0.1, 0.15) is 24.0 Å². The Balaban J connectivity index is 1.41. The lowest BCUT2D eigenvalue weighted by molar-refractivity contribution is -0.133. The van der Waals surface area contributed by atoms with Gasteiger partial charge in [0.2, 0.25) is 11.8 Å². The van der Waals surface area contributed by atoms with E-state index in [1.807, 2.05) is 37.3 Å². The quantitative estimate of drug-likeness (QED) is 0.744. The Morgan fingerprint density at radius 1 is 1.19 bits per heavy atom. The predicted octanol–water partition coefficient (Wildman–Crippen LogP) is 0.911. The van der Waals surface area contributed by atoms with Crippen molar-refractivity contribution in [1.29, 1.82) is 0 Å². The maximum atomic E-state index is 12.1. The van der Waals surface area contributed by atoms with Crippen LogP contribution in [0.3, 0.4) is 0 Å². The molecule has 0 atom stereocenters. The zero-order valence-corrected chi connectivity index (χ0v) is 15.9. The first-order valence-corrected chi connectivity index (χ1v) is 9.53. The van der Waals surface area contributed by atoms with Gasteiger partial charge in [-0.15, -0.1) is 0 Å². The highest BCUT2D eigenvalue weighted by Gasteiger charge is 2.20. The number of amides is 2. The highest BCUT2D eigenvalue weighted by Crippen LogP contribution is 2.18. The Morgan fingerprint density at radius 2 is 1.93 bits per heavy atom. The third kappa shape index (κ3) is 5.80. The molecule has 2 heterocycles. The second kappa shape index (κ2) is 9.53. The van der Waals surface area contributed by atoms with Crippen molar-refractivity contribution in [2.75, 3.05) is 45.9 Å². The molecule has 0 radical (unpaired) electrons. The number of nitrogens with zero attached hydrogens (tertiary/aromatic N) is 2. The third-order valence-corrected chi connectivity index (χ3v) is 4.82. The number of carbonyl (C=O) groups excluding carboxylic acids is 2. The van der Waals surface area contributed by atoms with Crippen LogP contribution in [0.2, 0.25) is 0 Å². The van der Waals surface area contributed by atoms with Crippen LogP contribution in [0.25, 0.3) is 5.70 Å². The van der Waals surface area contributed by atoms with E-state index in [-0.39, 0.29) is 18.2 Å².